The second-order valence-corrected chi connectivity index (χ2v) is 6.03. The van der Waals surface area contributed by atoms with Crippen molar-refractivity contribution in [2.24, 2.45) is 0 Å². The molecular weight excluding hydrogens is 254 g/mol. The lowest BCUT2D eigenvalue weighted by Gasteiger charge is -2.35. The molecule has 0 N–H and O–H groups in total. The minimum absolute atomic E-state index is 0.140. The fourth-order valence-electron chi connectivity index (χ4n) is 2.31. The molecule has 0 aliphatic carbocycles. The summed E-state index contributed by atoms with van der Waals surface area (Å²) in [6.45, 7) is 7.04. The van der Waals surface area contributed by atoms with Crippen LogP contribution >= 0.6 is 0 Å². The summed E-state index contributed by atoms with van der Waals surface area (Å²) in [5.41, 5.74) is 0.392. The van der Waals surface area contributed by atoms with Crippen molar-refractivity contribution in [3.8, 4) is 0 Å². The fraction of sp³-hybridized carbons (Fsp3) is 0.562. The molecule has 1 amide bonds. The lowest BCUT2D eigenvalue weighted by molar-refractivity contribution is 0.0487. The van der Waals surface area contributed by atoms with Crippen LogP contribution in [-0.4, -0.2) is 30.9 Å². The largest absolute Gasteiger partial charge is 0.443 e. The van der Waals surface area contributed by atoms with Gasteiger partial charge in [0.05, 0.1) is 0 Å². The zero-order valence-corrected chi connectivity index (χ0v) is 12.5. The highest BCUT2D eigenvalue weighted by atomic mass is 16.6. The second-order valence-electron chi connectivity index (χ2n) is 6.03. The molecule has 2 rings (SSSR count). The maximum atomic E-state index is 12.5. The Bertz CT molecular complexity index is 433. The smallest absolute Gasteiger partial charge is 0.415 e. The summed E-state index contributed by atoms with van der Waals surface area (Å²) in [6.07, 6.45) is 1.40. The minimum Gasteiger partial charge on any atom is -0.443 e. The number of hydrogen-bond acceptors (Lipinski definition) is 3. The predicted octanol–water partition coefficient (Wildman–Crippen LogP) is 3.61. The molecule has 0 aromatic heterocycles. The molecule has 0 saturated carbocycles. The van der Waals surface area contributed by atoms with Crippen molar-refractivity contribution < 1.29 is 14.3 Å². The molecule has 4 nitrogen and oxygen atoms in total. The summed E-state index contributed by atoms with van der Waals surface area (Å²) in [7, 11) is 0. The Morgan fingerprint density at radius 1 is 1.20 bits per heavy atom. The highest BCUT2D eigenvalue weighted by Crippen LogP contribution is 2.25. The average molecular weight is 277 g/mol. The summed E-state index contributed by atoms with van der Waals surface area (Å²) in [6, 6.07) is 9.85. The van der Waals surface area contributed by atoms with E-state index in [1.807, 2.05) is 51.1 Å². The molecule has 110 valence electrons. The summed E-state index contributed by atoms with van der Waals surface area (Å²) in [5.74, 6) is 0. The summed E-state index contributed by atoms with van der Waals surface area (Å²) in [4.78, 5) is 14.3. The van der Waals surface area contributed by atoms with Crippen LogP contribution in [0.1, 0.15) is 33.6 Å². The van der Waals surface area contributed by atoms with Crippen molar-refractivity contribution >= 4 is 11.8 Å². The summed E-state index contributed by atoms with van der Waals surface area (Å²) >= 11 is 0. The first-order valence-corrected chi connectivity index (χ1v) is 7.12. The number of benzene rings is 1. The zero-order chi connectivity index (χ0) is 14.6. The van der Waals surface area contributed by atoms with E-state index in [9.17, 15) is 4.79 Å². The van der Waals surface area contributed by atoms with Crippen LogP contribution in [0.2, 0.25) is 0 Å². The number of carbonyl (C=O) groups excluding carboxylic acids is 1. The number of anilines is 1. The lowest BCUT2D eigenvalue weighted by atomic mass is 10.1. The van der Waals surface area contributed by atoms with E-state index in [4.69, 9.17) is 9.47 Å². The van der Waals surface area contributed by atoms with Gasteiger partial charge in [0.1, 0.15) is 5.60 Å². The number of nitrogens with zero attached hydrogens (tertiary/aromatic N) is 1. The van der Waals surface area contributed by atoms with Gasteiger partial charge in [0, 0.05) is 24.9 Å². The van der Waals surface area contributed by atoms with Gasteiger partial charge in [-0.2, -0.15) is 0 Å². The molecule has 1 heterocycles. The van der Waals surface area contributed by atoms with Crippen molar-refractivity contribution in [2.75, 3.05) is 18.1 Å². The number of amides is 1. The third-order valence-electron chi connectivity index (χ3n) is 3.18. The molecule has 1 aromatic carbocycles. The SMILES string of the molecule is CC(C)(C)OC(=O)N(c1ccccc1)C1CCOCC1. The number of rotatable bonds is 2. The van der Waals surface area contributed by atoms with E-state index in [0.717, 1.165) is 18.5 Å². The molecule has 4 heteroatoms. The number of ether oxygens (including phenoxy) is 2. The molecule has 20 heavy (non-hydrogen) atoms. The molecule has 0 spiro atoms. The van der Waals surface area contributed by atoms with Crippen LogP contribution in [0.4, 0.5) is 10.5 Å². The highest BCUT2D eigenvalue weighted by Gasteiger charge is 2.30. The molecular formula is C16H23NO3. The Hall–Kier alpha value is -1.55. The van der Waals surface area contributed by atoms with E-state index < -0.39 is 5.60 Å². The van der Waals surface area contributed by atoms with Gasteiger partial charge in [-0.1, -0.05) is 18.2 Å². The van der Waals surface area contributed by atoms with Gasteiger partial charge in [0.15, 0.2) is 0 Å². The third-order valence-corrected chi connectivity index (χ3v) is 3.18. The maximum absolute atomic E-state index is 12.5. The Morgan fingerprint density at radius 2 is 1.80 bits per heavy atom. The van der Waals surface area contributed by atoms with Crippen LogP contribution in [0.5, 0.6) is 0 Å². The van der Waals surface area contributed by atoms with Gasteiger partial charge in [0.25, 0.3) is 0 Å². The van der Waals surface area contributed by atoms with E-state index in [1.54, 1.807) is 4.90 Å². The molecule has 0 atom stereocenters. The molecule has 0 radical (unpaired) electrons. The van der Waals surface area contributed by atoms with Crippen molar-refractivity contribution in [3.05, 3.63) is 30.3 Å². The fourth-order valence-corrected chi connectivity index (χ4v) is 2.31. The number of hydrogen-bond donors (Lipinski definition) is 0. The predicted molar refractivity (Wildman–Crippen MR) is 79.0 cm³/mol. The van der Waals surface area contributed by atoms with E-state index in [1.165, 1.54) is 0 Å². The van der Waals surface area contributed by atoms with Crippen molar-refractivity contribution in [3.63, 3.8) is 0 Å². The number of carbonyl (C=O) groups is 1. The van der Waals surface area contributed by atoms with Crippen LogP contribution in [0.3, 0.4) is 0 Å². The Labute approximate surface area is 120 Å². The van der Waals surface area contributed by atoms with Crippen LogP contribution in [-0.2, 0) is 9.47 Å². The quantitative estimate of drug-likeness (QED) is 0.829. The van der Waals surface area contributed by atoms with Crippen molar-refractivity contribution in [1.82, 2.24) is 0 Å². The van der Waals surface area contributed by atoms with Gasteiger partial charge < -0.3 is 9.47 Å². The Kier molecular flexibility index (Phi) is 4.65. The number of para-hydroxylation sites is 1. The van der Waals surface area contributed by atoms with Crippen LogP contribution in [0.15, 0.2) is 30.3 Å². The van der Waals surface area contributed by atoms with Gasteiger partial charge in [-0.25, -0.2) is 4.79 Å². The van der Waals surface area contributed by atoms with Gasteiger partial charge in [-0.15, -0.1) is 0 Å². The summed E-state index contributed by atoms with van der Waals surface area (Å²) in [5, 5.41) is 0. The van der Waals surface area contributed by atoms with Gasteiger partial charge >= 0.3 is 6.09 Å². The molecule has 1 fully saturated rings. The van der Waals surface area contributed by atoms with Gasteiger partial charge in [-0.05, 0) is 45.7 Å². The second kappa shape index (κ2) is 6.27. The minimum atomic E-state index is -0.491. The highest BCUT2D eigenvalue weighted by molar-refractivity contribution is 5.88. The van der Waals surface area contributed by atoms with E-state index in [2.05, 4.69) is 0 Å². The third kappa shape index (κ3) is 3.97. The Balaban J connectivity index is 2.22. The maximum Gasteiger partial charge on any atom is 0.415 e. The molecule has 1 aliphatic heterocycles. The van der Waals surface area contributed by atoms with Crippen molar-refractivity contribution in [1.29, 1.82) is 0 Å². The van der Waals surface area contributed by atoms with Gasteiger partial charge in [0.2, 0.25) is 0 Å². The molecule has 1 aromatic rings. The van der Waals surface area contributed by atoms with E-state index in [0.29, 0.717) is 13.2 Å². The standard InChI is InChI=1S/C16H23NO3/c1-16(2,3)20-15(18)17(13-7-5-4-6-8-13)14-9-11-19-12-10-14/h4-8,14H,9-12H2,1-3H3. The molecule has 1 aliphatic rings. The van der Waals surface area contributed by atoms with E-state index >= 15 is 0 Å². The average Bonchev–Trinajstić information content (AvgIpc) is 2.39. The van der Waals surface area contributed by atoms with Crippen LogP contribution < -0.4 is 4.90 Å². The van der Waals surface area contributed by atoms with Crippen LogP contribution in [0, 0.1) is 0 Å². The lowest BCUT2D eigenvalue weighted by Crippen LogP contribution is -2.46. The van der Waals surface area contributed by atoms with Crippen molar-refractivity contribution in [2.45, 2.75) is 45.3 Å². The first-order valence-electron chi connectivity index (χ1n) is 7.12. The van der Waals surface area contributed by atoms with Crippen LogP contribution in [0.25, 0.3) is 0 Å². The molecule has 0 bridgehead atoms. The van der Waals surface area contributed by atoms with E-state index in [-0.39, 0.29) is 12.1 Å². The first-order chi connectivity index (χ1) is 9.47. The zero-order valence-electron chi connectivity index (χ0n) is 12.5. The topological polar surface area (TPSA) is 38.8 Å². The normalized spacial score (nSPS) is 16.8. The van der Waals surface area contributed by atoms with Gasteiger partial charge in [-0.3, -0.25) is 4.90 Å². The molecule has 1 saturated heterocycles. The molecule has 0 unspecified atom stereocenters. The monoisotopic (exact) mass is 277 g/mol. The Morgan fingerprint density at radius 3 is 2.35 bits per heavy atom. The first kappa shape index (κ1) is 14.9. The summed E-state index contributed by atoms with van der Waals surface area (Å²) < 4.78 is 10.9.